The van der Waals surface area contributed by atoms with E-state index in [0.29, 0.717) is 43.7 Å². The molecular weight excluding hydrogens is 398 g/mol. The highest BCUT2D eigenvalue weighted by atomic mass is 16.2. The van der Waals surface area contributed by atoms with Crippen molar-refractivity contribution in [3.05, 3.63) is 34.9 Å². The Bertz CT molecular complexity index is 947. The van der Waals surface area contributed by atoms with E-state index in [1.807, 2.05) is 0 Å². The van der Waals surface area contributed by atoms with Crippen molar-refractivity contribution >= 4 is 29.4 Å². The van der Waals surface area contributed by atoms with E-state index in [9.17, 15) is 24.0 Å². The van der Waals surface area contributed by atoms with E-state index >= 15 is 0 Å². The van der Waals surface area contributed by atoms with Gasteiger partial charge in [-0.1, -0.05) is 0 Å². The lowest BCUT2D eigenvalue weighted by Crippen LogP contribution is -2.45. The van der Waals surface area contributed by atoms with Gasteiger partial charge in [0.05, 0.1) is 11.1 Å². The van der Waals surface area contributed by atoms with Gasteiger partial charge in [-0.25, -0.2) is 0 Å². The van der Waals surface area contributed by atoms with E-state index < -0.39 is 5.54 Å². The maximum absolute atomic E-state index is 13.1. The molecule has 1 aromatic carbocycles. The van der Waals surface area contributed by atoms with Crippen LogP contribution in [0.1, 0.15) is 78.0 Å². The molecule has 0 N–H and O–H groups in total. The third-order valence-electron chi connectivity index (χ3n) is 5.63. The number of nitrogens with zero attached hydrogens (tertiary/aromatic N) is 3. The topological polar surface area (TPSA) is 95.1 Å². The number of rotatable bonds is 4. The summed E-state index contributed by atoms with van der Waals surface area (Å²) >= 11 is 0. The smallest absolute Gasteiger partial charge is 0.262 e. The van der Waals surface area contributed by atoms with Crippen LogP contribution in [0.15, 0.2) is 18.2 Å². The Kier molecular flexibility index (Phi) is 6.29. The predicted molar refractivity (Wildman–Crippen MR) is 114 cm³/mol. The van der Waals surface area contributed by atoms with Gasteiger partial charge in [-0.2, -0.15) is 0 Å². The highest BCUT2D eigenvalue weighted by Crippen LogP contribution is 2.30. The molecule has 3 rings (SSSR count). The minimum atomic E-state index is -0.652. The standard InChI is InChI=1S/C23H29N3O5/c1-15(27)6-9-19(28)24-10-5-11-25(13-12-24)20(29)16-7-8-17-18(14-16)22(31)26(21(17)30)23(2,3)4/h7-8,14H,5-6,9-13H2,1-4H3. The molecule has 8 heteroatoms. The molecule has 1 aromatic rings. The summed E-state index contributed by atoms with van der Waals surface area (Å²) in [6.45, 7) is 8.66. The molecule has 31 heavy (non-hydrogen) atoms. The number of benzene rings is 1. The zero-order valence-corrected chi connectivity index (χ0v) is 18.6. The third kappa shape index (κ3) is 4.68. The summed E-state index contributed by atoms with van der Waals surface area (Å²) < 4.78 is 0. The zero-order chi connectivity index (χ0) is 22.9. The molecule has 166 valence electrons. The Morgan fingerprint density at radius 1 is 0.871 bits per heavy atom. The lowest BCUT2D eigenvalue weighted by atomic mass is 10.0. The van der Waals surface area contributed by atoms with Crippen LogP contribution in [0, 0.1) is 0 Å². The van der Waals surface area contributed by atoms with Crippen LogP contribution in [0.3, 0.4) is 0 Å². The minimum absolute atomic E-state index is 0.0189. The maximum Gasteiger partial charge on any atom is 0.262 e. The summed E-state index contributed by atoms with van der Waals surface area (Å²) in [7, 11) is 0. The number of amides is 4. The first kappa shape index (κ1) is 22.7. The summed E-state index contributed by atoms with van der Waals surface area (Å²) in [4.78, 5) is 66.5. The molecule has 0 saturated carbocycles. The van der Waals surface area contributed by atoms with Crippen molar-refractivity contribution in [2.24, 2.45) is 0 Å². The molecule has 0 atom stereocenters. The van der Waals surface area contributed by atoms with Crippen molar-refractivity contribution in [2.45, 2.75) is 52.5 Å². The summed E-state index contributed by atoms with van der Waals surface area (Å²) in [6, 6.07) is 4.63. The number of imide groups is 1. The zero-order valence-electron chi connectivity index (χ0n) is 18.6. The van der Waals surface area contributed by atoms with Crippen LogP contribution in [-0.4, -0.2) is 75.8 Å². The van der Waals surface area contributed by atoms with Gasteiger partial charge in [-0.3, -0.25) is 24.1 Å². The van der Waals surface area contributed by atoms with Crippen LogP contribution < -0.4 is 0 Å². The third-order valence-corrected chi connectivity index (χ3v) is 5.63. The molecule has 0 bridgehead atoms. The SMILES string of the molecule is CC(=O)CCC(=O)N1CCCN(C(=O)c2ccc3c(c2)C(=O)N(C(C)(C)C)C3=O)CC1. The first-order valence-electron chi connectivity index (χ1n) is 10.6. The van der Waals surface area contributed by atoms with Gasteiger partial charge in [0.2, 0.25) is 5.91 Å². The molecule has 2 heterocycles. The minimum Gasteiger partial charge on any atom is -0.341 e. The van der Waals surface area contributed by atoms with Crippen molar-refractivity contribution in [3.63, 3.8) is 0 Å². The molecule has 0 unspecified atom stereocenters. The fourth-order valence-corrected chi connectivity index (χ4v) is 3.98. The molecule has 0 radical (unpaired) electrons. The van der Waals surface area contributed by atoms with Crippen LogP contribution in [0.2, 0.25) is 0 Å². The average molecular weight is 428 g/mol. The Morgan fingerprint density at radius 2 is 1.48 bits per heavy atom. The van der Waals surface area contributed by atoms with Crippen molar-refractivity contribution in [1.82, 2.24) is 14.7 Å². The van der Waals surface area contributed by atoms with Gasteiger partial charge in [0.25, 0.3) is 17.7 Å². The first-order chi connectivity index (χ1) is 14.5. The fourth-order valence-electron chi connectivity index (χ4n) is 3.98. The second kappa shape index (κ2) is 8.61. The van der Waals surface area contributed by atoms with Gasteiger partial charge in [0, 0.05) is 50.1 Å². The average Bonchev–Trinajstić information content (AvgIpc) is 2.86. The summed E-state index contributed by atoms with van der Waals surface area (Å²) in [5, 5.41) is 0. The number of carbonyl (C=O) groups excluding carboxylic acids is 5. The van der Waals surface area contributed by atoms with Gasteiger partial charge in [0.1, 0.15) is 5.78 Å². The fraction of sp³-hybridized carbons (Fsp3) is 0.522. The van der Waals surface area contributed by atoms with Crippen LogP contribution in [0.4, 0.5) is 0 Å². The monoisotopic (exact) mass is 427 g/mol. The molecule has 0 aromatic heterocycles. The van der Waals surface area contributed by atoms with E-state index in [2.05, 4.69) is 0 Å². The Hall–Kier alpha value is -3.03. The van der Waals surface area contributed by atoms with Crippen molar-refractivity contribution < 1.29 is 24.0 Å². The Balaban J connectivity index is 1.72. The number of Topliss-reactive ketones (excluding diaryl/α,β-unsaturated/α-hetero) is 1. The van der Waals surface area contributed by atoms with E-state index in [1.54, 1.807) is 42.7 Å². The van der Waals surface area contributed by atoms with E-state index in [-0.39, 0.29) is 47.8 Å². The molecule has 1 fully saturated rings. The molecule has 2 aliphatic rings. The van der Waals surface area contributed by atoms with E-state index in [4.69, 9.17) is 0 Å². The van der Waals surface area contributed by atoms with Gasteiger partial charge in [-0.15, -0.1) is 0 Å². The van der Waals surface area contributed by atoms with Crippen LogP contribution in [0.5, 0.6) is 0 Å². The number of fused-ring (bicyclic) bond motifs is 1. The normalized spacial score (nSPS) is 17.0. The molecule has 1 saturated heterocycles. The first-order valence-corrected chi connectivity index (χ1v) is 10.6. The number of carbonyl (C=O) groups is 5. The van der Waals surface area contributed by atoms with Gasteiger partial charge >= 0.3 is 0 Å². The van der Waals surface area contributed by atoms with Gasteiger partial charge < -0.3 is 14.6 Å². The molecule has 2 aliphatic heterocycles. The van der Waals surface area contributed by atoms with Gasteiger partial charge in [-0.05, 0) is 52.3 Å². The van der Waals surface area contributed by atoms with Crippen molar-refractivity contribution in [3.8, 4) is 0 Å². The maximum atomic E-state index is 13.1. The molecular formula is C23H29N3O5. The predicted octanol–water partition coefficient (Wildman–Crippen LogP) is 2.12. The van der Waals surface area contributed by atoms with Crippen LogP contribution in [0.25, 0.3) is 0 Å². The number of hydrogen-bond donors (Lipinski definition) is 0. The molecule has 4 amide bonds. The quantitative estimate of drug-likeness (QED) is 0.686. The molecule has 0 aliphatic carbocycles. The van der Waals surface area contributed by atoms with Crippen LogP contribution in [-0.2, 0) is 9.59 Å². The lowest BCUT2D eigenvalue weighted by Gasteiger charge is -2.29. The van der Waals surface area contributed by atoms with Gasteiger partial charge in [0.15, 0.2) is 0 Å². The Labute approximate surface area is 182 Å². The summed E-state index contributed by atoms with van der Waals surface area (Å²) in [6.07, 6.45) is 1.05. The van der Waals surface area contributed by atoms with Crippen molar-refractivity contribution in [1.29, 1.82) is 0 Å². The highest BCUT2D eigenvalue weighted by molar-refractivity contribution is 6.22. The summed E-state index contributed by atoms with van der Waals surface area (Å²) in [5.41, 5.74) is 0.267. The Morgan fingerprint density at radius 3 is 2.13 bits per heavy atom. The lowest BCUT2D eigenvalue weighted by molar-refractivity contribution is -0.132. The summed E-state index contributed by atoms with van der Waals surface area (Å²) in [5.74, 6) is -1.06. The van der Waals surface area contributed by atoms with E-state index in [0.717, 1.165) is 0 Å². The molecule has 8 nitrogen and oxygen atoms in total. The largest absolute Gasteiger partial charge is 0.341 e. The second-order valence-corrected chi connectivity index (χ2v) is 9.11. The number of hydrogen-bond acceptors (Lipinski definition) is 5. The number of ketones is 1. The molecule has 0 spiro atoms. The van der Waals surface area contributed by atoms with Crippen molar-refractivity contribution in [2.75, 3.05) is 26.2 Å². The van der Waals surface area contributed by atoms with E-state index in [1.165, 1.54) is 17.9 Å². The second-order valence-electron chi connectivity index (χ2n) is 9.11. The highest BCUT2D eigenvalue weighted by Gasteiger charge is 2.42. The van der Waals surface area contributed by atoms with Crippen LogP contribution >= 0.6 is 0 Å².